The van der Waals surface area contributed by atoms with Crippen LogP contribution in [-0.2, 0) is 0 Å². The second-order valence-corrected chi connectivity index (χ2v) is 5.71. The van der Waals surface area contributed by atoms with E-state index in [0.717, 1.165) is 12.8 Å². The van der Waals surface area contributed by atoms with Crippen molar-refractivity contribution >= 4 is 11.6 Å². The van der Waals surface area contributed by atoms with Gasteiger partial charge >= 0.3 is 0 Å². The van der Waals surface area contributed by atoms with Crippen LogP contribution in [0.3, 0.4) is 0 Å². The van der Waals surface area contributed by atoms with E-state index in [4.69, 9.17) is 11.6 Å². The third-order valence-electron chi connectivity index (χ3n) is 3.85. The summed E-state index contributed by atoms with van der Waals surface area (Å²) in [6.07, 6.45) is 7.34. The van der Waals surface area contributed by atoms with Gasteiger partial charge in [-0.1, -0.05) is 56.2 Å². The van der Waals surface area contributed by atoms with Gasteiger partial charge < -0.3 is 5.11 Å². The molecule has 0 bridgehead atoms. The van der Waals surface area contributed by atoms with E-state index in [1.165, 1.54) is 31.7 Å². The van der Waals surface area contributed by atoms with Gasteiger partial charge in [0.2, 0.25) is 0 Å². The fourth-order valence-electron chi connectivity index (χ4n) is 2.81. The molecule has 1 aliphatic rings. The molecule has 100 valence electrons. The Hall–Kier alpha value is -0.600. The zero-order chi connectivity index (χ0) is 13.0. The minimum Gasteiger partial charge on any atom is -0.388 e. The van der Waals surface area contributed by atoms with E-state index in [1.807, 2.05) is 0 Å². The minimum absolute atomic E-state index is 0.373. The van der Waals surface area contributed by atoms with Gasteiger partial charge in [-0.3, -0.25) is 0 Å². The van der Waals surface area contributed by atoms with Crippen LogP contribution in [0.1, 0.15) is 56.6 Å². The number of aliphatic hydroxyl groups excluding tert-OH is 1. The predicted molar refractivity (Wildman–Crippen MR) is 72.2 cm³/mol. The van der Waals surface area contributed by atoms with Gasteiger partial charge in [0, 0.05) is 10.6 Å². The average molecular weight is 271 g/mol. The van der Waals surface area contributed by atoms with Crippen molar-refractivity contribution in [1.82, 2.24) is 0 Å². The molecule has 0 aliphatic heterocycles. The Kier molecular flexibility index (Phi) is 5.02. The first-order valence-electron chi connectivity index (χ1n) is 6.80. The van der Waals surface area contributed by atoms with Gasteiger partial charge in [-0.2, -0.15) is 0 Å². The summed E-state index contributed by atoms with van der Waals surface area (Å²) in [6.45, 7) is 0. The topological polar surface area (TPSA) is 20.2 Å². The van der Waals surface area contributed by atoms with Crippen molar-refractivity contribution in [3.8, 4) is 0 Å². The first-order chi connectivity index (χ1) is 8.66. The lowest BCUT2D eigenvalue weighted by Gasteiger charge is -2.19. The quantitative estimate of drug-likeness (QED) is 0.777. The molecule has 1 unspecified atom stereocenters. The number of hydrogen-bond donors (Lipinski definition) is 1. The predicted octanol–water partition coefficient (Wildman–Crippen LogP) is 4.87. The fraction of sp³-hybridized carbons (Fsp3) is 0.600. The van der Waals surface area contributed by atoms with E-state index in [0.29, 0.717) is 22.9 Å². The molecule has 1 atom stereocenters. The lowest BCUT2D eigenvalue weighted by molar-refractivity contribution is 0.135. The van der Waals surface area contributed by atoms with Crippen LogP contribution in [0.25, 0.3) is 0 Å². The van der Waals surface area contributed by atoms with Gasteiger partial charge in [-0.25, -0.2) is 4.39 Å². The van der Waals surface area contributed by atoms with Crippen molar-refractivity contribution in [2.45, 2.75) is 51.0 Å². The van der Waals surface area contributed by atoms with Crippen molar-refractivity contribution in [3.63, 3.8) is 0 Å². The minimum atomic E-state index is -0.703. The highest BCUT2D eigenvalue weighted by atomic mass is 35.5. The molecule has 3 heteroatoms. The van der Waals surface area contributed by atoms with Gasteiger partial charge in [0.1, 0.15) is 5.82 Å². The Bertz CT molecular complexity index is 386. The van der Waals surface area contributed by atoms with Crippen LogP contribution in [-0.4, -0.2) is 5.11 Å². The summed E-state index contributed by atoms with van der Waals surface area (Å²) >= 11 is 5.71. The SMILES string of the molecule is OC(CC1CCCCCC1)c1ccc(Cl)cc1F. The van der Waals surface area contributed by atoms with Crippen LogP contribution in [0.2, 0.25) is 5.02 Å². The van der Waals surface area contributed by atoms with Crippen molar-refractivity contribution in [1.29, 1.82) is 0 Å². The molecule has 0 saturated heterocycles. The van der Waals surface area contributed by atoms with Crippen LogP contribution >= 0.6 is 11.6 Å². The first kappa shape index (κ1) is 13.8. The van der Waals surface area contributed by atoms with Crippen LogP contribution in [0.15, 0.2) is 18.2 Å². The summed E-state index contributed by atoms with van der Waals surface area (Å²) in [7, 11) is 0. The van der Waals surface area contributed by atoms with Crippen molar-refractivity contribution < 1.29 is 9.50 Å². The molecule has 0 aromatic heterocycles. The van der Waals surface area contributed by atoms with Crippen LogP contribution in [0.4, 0.5) is 4.39 Å². The molecule has 0 spiro atoms. The van der Waals surface area contributed by atoms with Gasteiger partial charge in [-0.05, 0) is 24.5 Å². The molecular formula is C15H20ClFO. The summed E-state index contributed by atoms with van der Waals surface area (Å²) in [5.74, 6) is 0.126. The molecule has 1 aromatic rings. The van der Waals surface area contributed by atoms with E-state index in [9.17, 15) is 9.50 Å². The van der Waals surface area contributed by atoms with Crippen molar-refractivity contribution in [2.24, 2.45) is 5.92 Å². The van der Waals surface area contributed by atoms with Gasteiger partial charge in [0.25, 0.3) is 0 Å². The van der Waals surface area contributed by atoms with E-state index in [-0.39, 0.29) is 0 Å². The number of halogens is 2. The molecule has 1 aromatic carbocycles. The zero-order valence-electron chi connectivity index (χ0n) is 10.5. The number of benzene rings is 1. The highest BCUT2D eigenvalue weighted by Crippen LogP contribution is 2.32. The van der Waals surface area contributed by atoms with E-state index in [1.54, 1.807) is 12.1 Å². The molecule has 1 fully saturated rings. The van der Waals surface area contributed by atoms with E-state index < -0.39 is 11.9 Å². The molecule has 1 saturated carbocycles. The smallest absolute Gasteiger partial charge is 0.130 e. The van der Waals surface area contributed by atoms with E-state index >= 15 is 0 Å². The first-order valence-corrected chi connectivity index (χ1v) is 7.17. The maximum Gasteiger partial charge on any atom is 0.130 e. The molecule has 1 aliphatic carbocycles. The van der Waals surface area contributed by atoms with Gasteiger partial charge in [0.15, 0.2) is 0 Å². The third-order valence-corrected chi connectivity index (χ3v) is 4.09. The van der Waals surface area contributed by atoms with Crippen molar-refractivity contribution in [2.75, 3.05) is 0 Å². The molecule has 1 nitrogen and oxygen atoms in total. The molecular weight excluding hydrogens is 251 g/mol. The maximum absolute atomic E-state index is 13.7. The normalized spacial score (nSPS) is 19.5. The monoisotopic (exact) mass is 270 g/mol. The molecule has 18 heavy (non-hydrogen) atoms. The Labute approximate surface area is 113 Å². The highest BCUT2D eigenvalue weighted by molar-refractivity contribution is 6.30. The van der Waals surface area contributed by atoms with Crippen LogP contribution < -0.4 is 0 Å². The molecule has 1 N–H and O–H groups in total. The number of rotatable bonds is 3. The van der Waals surface area contributed by atoms with Crippen molar-refractivity contribution in [3.05, 3.63) is 34.6 Å². The van der Waals surface area contributed by atoms with Crippen LogP contribution in [0, 0.1) is 11.7 Å². The maximum atomic E-state index is 13.7. The van der Waals surface area contributed by atoms with Gasteiger partial charge in [0.05, 0.1) is 6.10 Å². The lowest BCUT2D eigenvalue weighted by Crippen LogP contribution is -2.08. The largest absolute Gasteiger partial charge is 0.388 e. The molecule has 0 radical (unpaired) electrons. The molecule has 0 amide bonds. The summed E-state index contributed by atoms with van der Waals surface area (Å²) in [5, 5.41) is 10.5. The molecule has 2 rings (SSSR count). The standard InChI is InChI=1S/C15H20ClFO/c16-12-7-8-13(14(17)10-12)15(18)9-11-5-3-1-2-4-6-11/h7-8,10-11,15,18H,1-6,9H2. The number of aliphatic hydroxyl groups is 1. The van der Waals surface area contributed by atoms with Gasteiger partial charge in [-0.15, -0.1) is 0 Å². The Balaban J connectivity index is 1.99. The zero-order valence-corrected chi connectivity index (χ0v) is 11.3. The average Bonchev–Trinajstić information content (AvgIpc) is 2.57. The Morgan fingerprint density at radius 2 is 1.89 bits per heavy atom. The Morgan fingerprint density at radius 1 is 1.22 bits per heavy atom. The Morgan fingerprint density at radius 3 is 2.50 bits per heavy atom. The summed E-state index contributed by atoms with van der Waals surface area (Å²) in [6, 6.07) is 4.50. The fourth-order valence-corrected chi connectivity index (χ4v) is 2.97. The second-order valence-electron chi connectivity index (χ2n) is 5.27. The second kappa shape index (κ2) is 6.53. The highest BCUT2D eigenvalue weighted by Gasteiger charge is 2.20. The summed E-state index contributed by atoms with van der Waals surface area (Å²) < 4.78 is 13.7. The van der Waals surface area contributed by atoms with Crippen LogP contribution in [0.5, 0.6) is 0 Å². The summed E-state index contributed by atoms with van der Waals surface area (Å²) in [5.41, 5.74) is 0.378. The lowest BCUT2D eigenvalue weighted by atomic mass is 9.91. The third kappa shape index (κ3) is 3.69. The number of hydrogen-bond acceptors (Lipinski definition) is 1. The van der Waals surface area contributed by atoms with E-state index in [2.05, 4.69) is 0 Å². The molecule has 0 heterocycles. The summed E-state index contributed by atoms with van der Waals surface area (Å²) in [4.78, 5) is 0.